The number of nitrogens with zero attached hydrogens (tertiary/aromatic N) is 4. The Hall–Kier alpha value is -4.04. The van der Waals surface area contributed by atoms with Gasteiger partial charge in [0.15, 0.2) is 5.82 Å². The van der Waals surface area contributed by atoms with Crippen LogP contribution in [0.1, 0.15) is 49.7 Å². The van der Waals surface area contributed by atoms with E-state index in [1.54, 1.807) is 6.07 Å². The van der Waals surface area contributed by atoms with Gasteiger partial charge in [0.05, 0.1) is 24.4 Å². The van der Waals surface area contributed by atoms with Crippen LogP contribution < -0.4 is 15.0 Å². The predicted octanol–water partition coefficient (Wildman–Crippen LogP) is 5.69. The monoisotopic (exact) mass is 651 g/mol. The van der Waals surface area contributed by atoms with Crippen molar-refractivity contribution in [2.45, 2.75) is 63.1 Å². The quantitative estimate of drug-likeness (QED) is 0.247. The van der Waals surface area contributed by atoms with Crippen LogP contribution in [0.25, 0.3) is 32.8 Å². The number of fused-ring (bicyclic) bond motifs is 4. The van der Waals surface area contributed by atoms with Crippen molar-refractivity contribution in [3.8, 4) is 35.2 Å². The fourth-order valence-corrected chi connectivity index (χ4v) is 8.40. The third kappa shape index (κ3) is 5.15. The molecule has 2 saturated carbocycles. The molecule has 3 aromatic carbocycles. The lowest BCUT2D eigenvalue weighted by molar-refractivity contribution is -0.0532. The zero-order valence-electron chi connectivity index (χ0n) is 27.1. The van der Waals surface area contributed by atoms with Gasteiger partial charge >= 0.3 is 6.01 Å². The maximum atomic E-state index is 17.2. The van der Waals surface area contributed by atoms with Gasteiger partial charge in [-0.3, -0.25) is 4.90 Å². The molecule has 2 aliphatic carbocycles. The minimum Gasteiger partial charge on any atom is -0.508 e. The van der Waals surface area contributed by atoms with Crippen LogP contribution in [0.4, 0.5) is 14.6 Å². The second kappa shape index (κ2) is 11.0. The number of aryl methyl sites for hydroxylation is 1. The first-order chi connectivity index (χ1) is 23.2. The molecule has 5 fully saturated rings. The van der Waals surface area contributed by atoms with Gasteiger partial charge in [-0.2, -0.15) is 9.97 Å². The molecule has 8 nitrogen and oxygen atoms in total. The number of hydrogen-bond donors (Lipinski definition) is 2. The van der Waals surface area contributed by atoms with E-state index in [-0.39, 0.29) is 39.4 Å². The molecule has 5 aliphatic rings. The molecule has 3 aliphatic heterocycles. The maximum Gasteiger partial charge on any atom is 0.319 e. The van der Waals surface area contributed by atoms with Crippen LogP contribution in [0.15, 0.2) is 30.3 Å². The molecule has 1 spiro atoms. The van der Waals surface area contributed by atoms with Gasteiger partial charge in [-0.05, 0) is 86.2 Å². The van der Waals surface area contributed by atoms with Gasteiger partial charge in [-0.25, -0.2) is 8.78 Å². The Bertz CT molecular complexity index is 2010. The number of rotatable bonds is 7. The van der Waals surface area contributed by atoms with E-state index in [1.165, 1.54) is 18.2 Å². The van der Waals surface area contributed by atoms with E-state index < -0.39 is 11.6 Å². The fourth-order valence-electron chi connectivity index (χ4n) is 8.40. The molecule has 2 bridgehead atoms. The molecule has 2 unspecified atom stereocenters. The number of anilines is 1. The lowest BCUT2D eigenvalue weighted by atomic mass is 9.90. The van der Waals surface area contributed by atoms with E-state index >= 15 is 4.39 Å². The lowest BCUT2D eigenvalue weighted by Crippen LogP contribution is -2.51. The topological polar surface area (TPSA) is 83.0 Å². The average Bonchev–Trinajstić information content (AvgIpc) is 3.99. The number of piperazine rings is 1. The highest BCUT2D eigenvalue weighted by Gasteiger charge is 2.51. The first-order valence-electron chi connectivity index (χ1n) is 17.2. The number of terminal acetylenes is 1. The van der Waals surface area contributed by atoms with Crippen molar-refractivity contribution in [1.82, 2.24) is 20.2 Å². The summed E-state index contributed by atoms with van der Waals surface area (Å²) in [6.45, 7) is 7.39. The minimum absolute atomic E-state index is 0.0210. The number of aromatic nitrogens is 2. The molecule has 0 amide bonds. The number of hydrogen-bond acceptors (Lipinski definition) is 8. The molecule has 9 rings (SSSR count). The van der Waals surface area contributed by atoms with Gasteiger partial charge in [0.2, 0.25) is 0 Å². The highest BCUT2D eigenvalue weighted by atomic mass is 19.1. The summed E-state index contributed by atoms with van der Waals surface area (Å²) < 4.78 is 44.6. The zero-order valence-corrected chi connectivity index (χ0v) is 27.1. The molecular weight excluding hydrogens is 612 g/mol. The van der Waals surface area contributed by atoms with Crippen molar-refractivity contribution < 1.29 is 23.4 Å². The smallest absolute Gasteiger partial charge is 0.319 e. The van der Waals surface area contributed by atoms with Gasteiger partial charge in [-0.1, -0.05) is 12.0 Å². The average molecular weight is 652 g/mol. The molecule has 1 aromatic heterocycles. The van der Waals surface area contributed by atoms with Crippen LogP contribution >= 0.6 is 0 Å². The summed E-state index contributed by atoms with van der Waals surface area (Å²) in [5.41, 5.74) is 1.36. The minimum atomic E-state index is -0.583. The van der Waals surface area contributed by atoms with Crippen molar-refractivity contribution in [3.63, 3.8) is 0 Å². The first-order valence-corrected chi connectivity index (χ1v) is 17.2. The lowest BCUT2D eigenvalue weighted by Gasteiger charge is -2.35. The van der Waals surface area contributed by atoms with Gasteiger partial charge < -0.3 is 24.8 Å². The summed E-state index contributed by atoms with van der Waals surface area (Å²) >= 11 is 0. The second-order valence-electron chi connectivity index (χ2n) is 14.8. The molecule has 10 heteroatoms. The molecule has 2 atom stereocenters. The standard InChI is InChI=1S/C38H39F2N5O3/c1-3-27-30(39)7-4-23-15-26(46)16-28(32(23)27)31-22(2)14-29-34(33(31)40)42-36(43-35(29)45-17-24-5-6-25(18-45)41-24)47-21-37(8-9-37)19-44-12-13-48-38(20-44)10-11-38/h1,4,7,14-16,24-25,41,46H,5-6,8-13,17-21H2,2H3. The highest BCUT2D eigenvalue weighted by molar-refractivity contribution is 6.05. The van der Waals surface area contributed by atoms with E-state index in [9.17, 15) is 9.50 Å². The van der Waals surface area contributed by atoms with Gasteiger partial charge in [0.1, 0.15) is 22.9 Å². The van der Waals surface area contributed by atoms with Crippen LogP contribution in [-0.4, -0.2) is 83.6 Å². The van der Waals surface area contributed by atoms with Gasteiger partial charge in [0.25, 0.3) is 0 Å². The number of benzene rings is 3. The van der Waals surface area contributed by atoms with Crippen LogP contribution in [-0.2, 0) is 4.74 Å². The third-order valence-corrected chi connectivity index (χ3v) is 11.2. The summed E-state index contributed by atoms with van der Waals surface area (Å²) in [5, 5.41) is 15.8. The largest absolute Gasteiger partial charge is 0.508 e. The van der Waals surface area contributed by atoms with E-state index in [4.69, 9.17) is 25.9 Å². The van der Waals surface area contributed by atoms with Crippen molar-refractivity contribution in [1.29, 1.82) is 0 Å². The van der Waals surface area contributed by atoms with Crippen molar-refractivity contribution >= 4 is 27.5 Å². The molecule has 48 heavy (non-hydrogen) atoms. The van der Waals surface area contributed by atoms with E-state index in [0.717, 1.165) is 77.9 Å². The Balaban J connectivity index is 1.13. The molecule has 4 heterocycles. The van der Waals surface area contributed by atoms with E-state index in [0.29, 0.717) is 51.8 Å². The number of morpholine rings is 1. The Labute approximate surface area is 278 Å². The Morgan fingerprint density at radius 1 is 1.10 bits per heavy atom. The molecule has 4 aromatic rings. The van der Waals surface area contributed by atoms with Gasteiger partial charge in [0, 0.05) is 66.6 Å². The number of phenols is 1. The molecular formula is C38H39F2N5O3. The molecule has 0 radical (unpaired) electrons. The number of nitrogens with one attached hydrogen (secondary N) is 1. The first kappa shape index (κ1) is 30.1. The summed E-state index contributed by atoms with van der Waals surface area (Å²) in [4.78, 5) is 14.4. The Morgan fingerprint density at radius 2 is 1.90 bits per heavy atom. The van der Waals surface area contributed by atoms with Crippen LogP contribution in [0, 0.1) is 36.3 Å². The molecule has 2 N–H and O–H groups in total. The van der Waals surface area contributed by atoms with Crippen LogP contribution in [0.2, 0.25) is 0 Å². The second-order valence-corrected chi connectivity index (χ2v) is 14.8. The summed E-state index contributed by atoms with van der Waals surface area (Å²) in [6.07, 6.45) is 12.4. The number of ether oxygens (including phenoxy) is 2. The van der Waals surface area contributed by atoms with Crippen molar-refractivity contribution in [2.75, 3.05) is 50.8 Å². The normalized spacial score (nSPS) is 23.9. The maximum absolute atomic E-state index is 17.2. The molecule has 248 valence electrons. The predicted molar refractivity (Wildman–Crippen MR) is 180 cm³/mol. The fraction of sp³-hybridized carbons (Fsp3) is 0.474. The summed E-state index contributed by atoms with van der Waals surface area (Å²) in [5.74, 6) is 1.87. The van der Waals surface area contributed by atoms with E-state index in [1.807, 2.05) is 13.0 Å². The highest BCUT2D eigenvalue weighted by Crippen LogP contribution is 2.49. The zero-order chi connectivity index (χ0) is 32.8. The third-order valence-electron chi connectivity index (χ3n) is 11.2. The van der Waals surface area contributed by atoms with E-state index in [2.05, 4.69) is 21.0 Å². The summed E-state index contributed by atoms with van der Waals surface area (Å²) in [7, 11) is 0. The summed E-state index contributed by atoms with van der Waals surface area (Å²) in [6, 6.07) is 8.51. The van der Waals surface area contributed by atoms with Crippen LogP contribution in [0.5, 0.6) is 11.8 Å². The molecule has 3 saturated heterocycles. The Kier molecular flexibility index (Phi) is 6.88. The number of phenolic OH excluding ortho intramolecular Hbond substituents is 1. The number of halogens is 2. The SMILES string of the molecule is C#Cc1c(F)ccc2cc(O)cc(-c3c(C)cc4c(N5CC6CCC(C5)N6)nc(OCC5(CN6CCOC7(CC7)C6)CC5)nc4c3F)c12. The van der Waals surface area contributed by atoms with Crippen molar-refractivity contribution in [2.24, 2.45) is 5.41 Å². The Morgan fingerprint density at radius 3 is 2.62 bits per heavy atom. The number of aromatic hydroxyl groups is 1. The van der Waals surface area contributed by atoms with Crippen molar-refractivity contribution in [3.05, 3.63) is 53.1 Å². The van der Waals surface area contributed by atoms with Crippen LogP contribution in [0.3, 0.4) is 0 Å². The van der Waals surface area contributed by atoms with Gasteiger partial charge in [-0.15, -0.1) is 6.42 Å².